The van der Waals surface area contributed by atoms with E-state index in [1.54, 1.807) is 22.9 Å². The first-order chi connectivity index (χ1) is 7.23. The smallest absolute Gasteiger partial charge is 0.290 e. The van der Waals surface area contributed by atoms with Crippen LogP contribution in [0.4, 0.5) is 0 Å². The summed E-state index contributed by atoms with van der Waals surface area (Å²) in [5.41, 5.74) is -0.263. The molecule has 1 amide bonds. The quantitative estimate of drug-likeness (QED) is 0.580. The summed E-state index contributed by atoms with van der Waals surface area (Å²) < 4.78 is 3.56. The summed E-state index contributed by atoms with van der Waals surface area (Å²) in [6.07, 6.45) is 3.49. The number of nitrogens with zero attached hydrogens (tertiary/aromatic N) is 4. The Morgan fingerprint density at radius 1 is 1.41 bits per heavy atom. The summed E-state index contributed by atoms with van der Waals surface area (Å²) in [6, 6.07) is 0.287. The largest absolute Gasteiger partial charge is 1.00 e. The van der Waals surface area contributed by atoms with Gasteiger partial charge in [-0.15, -0.1) is 9.36 Å². The number of carbonyl (C=O) groups is 1. The van der Waals surface area contributed by atoms with Gasteiger partial charge in [0.1, 0.15) is 6.04 Å². The molecule has 17 heavy (non-hydrogen) atoms. The molecule has 1 aromatic rings. The Morgan fingerprint density at radius 2 is 1.94 bits per heavy atom. The lowest BCUT2D eigenvalue weighted by atomic mass is 10.1. The van der Waals surface area contributed by atoms with Crippen LogP contribution in [0.25, 0.3) is 0 Å². The van der Waals surface area contributed by atoms with Crippen LogP contribution in [0.5, 0.6) is 0 Å². The number of aromatic nitrogens is 3. The minimum atomic E-state index is -0.263. The molecule has 0 radical (unpaired) electrons. The van der Waals surface area contributed by atoms with Gasteiger partial charge < -0.3 is 12.4 Å². The molecule has 0 aliphatic rings. The fraction of sp³-hybridized carbons (Fsp3) is 0.727. The molecular formula is C11H21ClN4O. The zero-order valence-electron chi connectivity index (χ0n) is 11.3. The fourth-order valence-electron chi connectivity index (χ4n) is 1.64. The van der Waals surface area contributed by atoms with Gasteiger partial charge in [-0.05, 0) is 39.7 Å². The van der Waals surface area contributed by atoms with Crippen molar-refractivity contribution in [1.82, 2.24) is 9.77 Å². The maximum atomic E-state index is 11.6. The van der Waals surface area contributed by atoms with Crippen molar-refractivity contribution in [2.75, 3.05) is 5.01 Å². The maximum Gasteiger partial charge on any atom is 0.290 e. The zero-order chi connectivity index (χ0) is 12.5. The molecule has 0 bridgehead atoms. The summed E-state index contributed by atoms with van der Waals surface area (Å²) in [4.78, 5) is 11.6. The van der Waals surface area contributed by atoms with Gasteiger partial charge in [0.25, 0.3) is 12.2 Å². The average Bonchev–Trinajstić information content (AvgIpc) is 2.49. The van der Waals surface area contributed by atoms with E-state index in [2.05, 4.69) is 5.10 Å². The van der Waals surface area contributed by atoms with Gasteiger partial charge >= 0.3 is 0 Å². The Bertz CT molecular complexity index is 381. The van der Waals surface area contributed by atoms with Crippen molar-refractivity contribution in [1.29, 1.82) is 0 Å². The standard InChI is InChI=1S/C11H21N4O.ClH/c1-9(2)14-8-13(7-12-14)15(10(3)16)11(4,5)6;/h7-9H,1-6H3;1H/q+1;/p-1. The minimum absolute atomic E-state index is 0. The molecule has 1 rings (SSSR count). The Morgan fingerprint density at radius 3 is 2.24 bits per heavy atom. The molecule has 5 nitrogen and oxygen atoms in total. The van der Waals surface area contributed by atoms with Crippen LogP contribution in [0, 0.1) is 0 Å². The number of halogens is 1. The van der Waals surface area contributed by atoms with Gasteiger partial charge in [0.05, 0.1) is 5.54 Å². The Labute approximate surface area is 109 Å². The Hall–Kier alpha value is -1.10. The van der Waals surface area contributed by atoms with Crippen LogP contribution in [0.3, 0.4) is 0 Å². The highest BCUT2D eigenvalue weighted by molar-refractivity contribution is 5.84. The van der Waals surface area contributed by atoms with Crippen LogP contribution in [0.1, 0.15) is 47.6 Å². The van der Waals surface area contributed by atoms with Crippen LogP contribution in [0.2, 0.25) is 0 Å². The molecule has 0 saturated carbocycles. The topological polar surface area (TPSA) is 42.0 Å². The number of rotatable bonds is 2. The summed E-state index contributed by atoms with van der Waals surface area (Å²) in [5.74, 6) is 0.000746. The second-order valence-corrected chi connectivity index (χ2v) is 5.20. The van der Waals surface area contributed by atoms with E-state index in [1.165, 1.54) is 0 Å². The van der Waals surface area contributed by atoms with Gasteiger partial charge in [0.2, 0.25) is 6.33 Å². The highest BCUT2D eigenvalue weighted by Crippen LogP contribution is 2.11. The molecule has 0 unspecified atom stereocenters. The molecule has 0 fully saturated rings. The lowest BCUT2D eigenvalue weighted by Crippen LogP contribution is -3.00. The molecule has 1 heterocycles. The first kappa shape index (κ1) is 15.9. The Balaban J connectivity index is 0.00000256. The molecule has 98 valence electrons. The number of amides is 1. The average molecular weight is 261 g/mol. The van der Waals surface area contributed by atoms with E-state index in [1.807, 2.05) is 45.6 Å². The Kier molecular flexibility index (Phi) is 5.13. The van der Waals surface area contributed by atoms with E-state index in [0.717, 1.165) is 0 Å². The van der Waals surface area contributed by atoms with Gasteiger partial charge in [-0.25, -0.2) is 0 Å². The lowest BCUT2D eigenvalue weighted by molar-refractivity contribution is -0.769. The molecule has 6 heteroatoms. The maximum absolute atomic E-state index is 11.6. The summed E-state index contributed by atoms with van der Waals surface area (Å²) >= 11 is 0. The van der Waals surface area contributed by atoms with E-state index >= 15 is 0 Å². The first-order valence-electron chi connectivity index (χ1n) is 5.50. The summed E-state index contributed by atoms with van der Waals surface area (Å²) in [5, 5.41) is 5.90. The molecule has 1 aromatic heterocycles. The van der Waals surface area contributed by atoms with Crippen molar-refractivity contribution in [3.05, 3.63) is 12.7 Å². The highest BCUT2D eigenvalue weighted by atomic mass is 35.5. The predicted molar refractivity (Wildman–Crippen MR) is 61.5 cm³/mol. The fourth-order valence-corrected chi connectivity index (χ4v) is 1.64. The van der Waals surface area contributed by atoms with Gasteiger partial charge in [0.15, 0.2) is 0 Å². The van der Waals surface area contributed by atoms with Crippen molar-refractivity contribution in [3.8, 4) is 0 Å². The second-order valence-electron chi connectivity index (χ2n) is 5.20. The summed E-state index contributed by atoms with van der Waals surface area (Å²) in [6.45, 7) is 11.6. The monoisotopic (exact) mass is 260 g/mol. The number of hydrogen-bond acceptors (Lipinski definition) is 2. The lowest BCUT2D eigenvalue weighted by Gasteiger charge is -2.29. The van der Waals surface area contributed by atoms with Crippen molar-refractivity contribution in [2.24, 2.45) is 0 Å². The predicted octanol–water partition coefficient (Wildman–Crippen LogP) is -1.96. The molecule has 0 atom stereocenters. The highest BCUT2D eigenvalue weighted by Gasteiger charge is 2.30. The molecule has 0 N–H and O–H groups in total. The molecule has 0 aliphatic carbocycles. The third kappa shape index (κ3) is 3.70. The molecule has 0 spiro atoms. The number of carbonyl (C=O) groups excluding carboxylic acids is 1. The third-order valence-electron chi connectivity index (χ3n) is 2.23. The third-order valence-corrected chi connectivity index (χ3v) is 2.23. The van der Waals surface area contributed by atoms with E-state index in [4.69, 9.17) is 0 Å². The molecule has 0 aromatic carbocycles. The first-order valence-corrected chi connectivity index (χ1v) is 5.50. The van der Waals surface area contributed by atoms with Crippen LogP contribution in [-0.2, 0) is 4.79 Å². The van der Waals surface area contributed by atoms with E-state index in [0.29, 0.717) is 0 Å². The van der Waals surface area contributed by atoms with Crippen LogP contribution < -0.4 is 22.1 Å². The second kappa shape index (κ2) is 5.49. The van der Waals surface area contributed by atoms with Crippen molar-refractivity contribution < 1.29 is 21.9 Å². The van der Waals surface area contributed by atoms with Crippen LogP contribution in [-0.4, -0.2) is 21.2 Å². The molecule has 0 aliphatic heterocycles. The van der Waals surface area contributed by atoms with Gasteiger partial charge in [-0.2, -0.15) is 5.01 Å². The van der Waals surface area contributed by atoms with Gasteiger partial charge in [0, 0.05) is 6.92 Å². The van der Waals surface area contributed by atoms with E-state index in [-0.39, 0.29) is 29.9 Å². The molecular weight excluding hydrogens is 240 g/mol. The van der Waals surface area contributed by atoms with Gasteiger partial charge in [-0.3, -0.25) is 4.79 Å². The number of hydrogen-bond donors (Lipinski definition) is 0. The van der Waals surface area contributed by atoms with Crippen molar-refractivity contribution in [3.63, 3.8) is 0 Å². The minimum Gasteiger partial charge on any atom is -1.00 e. The van der Waals surface area contributed by atoms with Gasteiger partial charge in [-0.1, -0.05) is 0 Å². The SMILES string of the molecule is CC(=O)N(n1cn[n+](C(C)C)c1)C(C)(C)C.[Cl-]. The van der Waals surface area contributed by atoms with Crippen molar-refractivity contribution >= 4 is 5.91 Å². The zero-order valence-corrected chi connectivity index (χ0v) is 12.1. The van der Waals surface area contributed by atoms with E-state index < -0.39 is 0 Å². The normalized spacial score (nSPS) is 11.2. The summed E-state index contributed by atoms with van der Waals surface area (Å²) in [7, 11) is 0. The van der Waals surface area contributed by atoms with E-state index in [9.17, 15) is 4.79 Å². The molecule has 0 saturated heterocycles. The van der Waals surface area contributed by atoms with Crippen LogP contribution >= 0.6 is 0 Å². The van der Waals surface area contributed by atoms with Crippen LogP contribution in [0.15, 0.2) is 12.7 Å². The van der Waals surface area contributed by atoms with Crippen molar-refractivity contribution in [2.45, 2.75) is 53.1 Å².